The van der Waals surface area contributed by atoms with E-state index in [0.29, 0.717) is 36.7 Å². The van der Waals surface area contributed by atoms with Crippen LogP contribution in [0.3, 0.4) is 0 Å². The highest BCUT2D eigenvalue weighted by Crippen LogP contribution is 2.19. The summed E-state index contributed by atoms with van der Waals surface area (Å²) < 4.78 is 6.99. The summed E-state index contributed by atoms with van der Waals surface area (Å²) in [6.07, 6.45) is 0. The number of benzene rings is 1. The van der Waals surface area contributed by atoms with Crippen molar-refractivity contribution in [1.29, 1.82) is 0 Å². The molecule has 0 saturated carbocycles. The van der Waals surface area contributed by atoms with Gasteiger partial charge in [0, 0.05) is 18.1 Å². The van der Waals surface area contributed by atoms with E-state index in [1.807, 2.05) is 24.3 Å². The first-order valence-electron chi connectivity index (χ1n) is 6.50. The van der Waals surface area contributed by atoms with Crippen LogP contribution in [0.4, 0.5) is 11.9 Å². The molecule has 1 aromatic heterocycles. The SMILES string of the molecule is Nc1nc(N2CCOCC2)nn1Cc1ccccc1Cl. The Morgan fingerprint density at radius 2 is 2.00 bits per heavy atom. The molecule has 0 unspecified atom stereocenters. The lowest BCUT2D eigenvalue weighted by atomic mass is 10.2. The van der Waals surface area contributed by atoms with E-state index in [1.54, 1.807) is 4.68 Å². The Balaban J connectivity index is 1.80. The molecule has 1 aliphatic heterocycles. The fraction of sp³-hybridized carbons (Fsp3) is 0.385. The van der Waals surface area contributed by atoms with Gasteiger partial charge in [0.25, 0.3) is 0 Å². The van der Waals surface area contributed by atoms with Crippen LogP contribution in [0, 0.1) is 0 Å². The number of aromatic nitrogens is 3. The summed E-state index contributed by atoms with van der Waals surface area (Å²) in [5.41, 5.74) is 6.91. The minimum absolute atomic E-state index is 0.395. The summed E-state index contributed by atoms with van der Waals surface area (Å²) >= 11 is 6.15. The number of nitrogens with two attached hydrogens (primary N) is 1. The lowest BCUT2D eigenvalue weighted by Gasteiger charge is -2.25. The van der Waals surface area contributed by atoms with Gasteiger partial charge in [-0.25, -0.2) is 4.68 Å². The van der Waals surface area contributed by atoms with Gasteiger partial charge in [-0.2, -0.15) is 4.98 Å². The zero-order valence-electron chi connectivity index (χ0n) is 11.0. The van der Waals surface area contributed by atoms with Crippen molar-refractivity contribution in [1.82, 2.24) is 14.8 Å². The van der Waals surface area contributed by atoms with Crippen LogP contribution in [0.5, 0.6) is 0 Å². The summed E-state index contributed by atoms with van der Waals surface area (Å²) in [5, 5.41) is 5.17. The molecule has 6 nitrogen and oxygen atoms in total. The number of nitrogen functional groups attached to an aromatic ring is 1. The third-order valence-electron chi connectivity index (χ3n) is 3.26. The van der Waals surface area contributed by atoms with E-state index in [0.717, 1.165) is 18.7 Å². The van der Waals surface area contributed by atoms with Gasteiger partial charge in [0.2, 0.25) is 11.9 Å². The Morgan fingerprint density at radius 1 is 1.25 bits per heavy atom. The van der Waals surface area contributed by atoms with Crippen LogP contribution in [0.15, 0.2) is 24.3 Å². The fourth-order valence-electron chi connectivity index (χ4n) is 2.14. The van der Waals surface area contributed by atoms with Crippen molar-refractivity contribution in [3.8, 4) is 0 Å². The number of morpholine rings is 1. The van der Waals surface area contributed by atoms with E-state index in [1.165, 1.54) is 0 Å². The molecule has 3 rings (SSSR count). The van der Waals surface area contributed by atoms with Crippen LogP contribution >= 0.6 is 11.6 Å². The third kappa shape index (κ3) is 2.71. The van der Waals surface area contributed by atoms with Crippen LogP contribution in [-0.4, -0.2) is 41.1 Å². The van der Waals surface area contributed by atoms with Gasteiger partial charge in [-0.05, 0) is 11.6 Å². The molecule has 1 aliphatic rings. The quantitative estimate of drug-likeness (QED) is 0.926. The van der Waals surface area contributed by atoms with Crippen LogP contribution in [0.25, 0.3) is 0 Å². The van der Waals surface area contributed by atoms with Crippen molar-refractivity contribution in [2.24, 2.45) is 0 Å². The second kappa shape index (κ2) is 5.68. The number of rotatable bonds is 3. The standard InChI is InChI=1S/C13H16ClN5O/c14-11-4-2-1-3-10(11)9-19-12(15)16-13(17-19)18-5-7-20-8-6-18/h1-4H,5-9H2,(H2,15,16,17). The zero-order valence-corrected chi connectivity index (χ0v) is 11.8. The van der Waals surface area contributed by atoms with Crippen molar-refractivity contribution in [3.05, 3.63) is 34.9 Å². The summed E-state index contributed by atoms with van der Waals surface area (Å²) in [6.45, 7) is 3.48. The smallest absolute Gasteiger partial charge is 0.246 e. The van der Waals surface area contributed by atoms with E-state index in [-0.39, 0.29) is 0 Å². The Hall–Kier alpha value is -1.79. The van der Waals surface area contributed by atoms with Gasteiger partial charge in [-0.15, -0.1) is 5.10 Å². The molecule has 20 heavy (non-hydrogen) atoms. The third-order valence-corrected chi connectivity index (χ3v) is 3.63. The Morgan fingerprint density at radius 3 is 2.75 bits per heavy atom. The maximum Gasteiger partial charge on any atom is 0.246 e. The second-order valence-electron chi connectivity index (χ2n) is 4.62. The largest absolute Gasteiger partial charge is 0.378 e. The highest BCUT2D eigenvalue weighted by molar-refractivity contribution is 6.31. The van der Waals surface area contributed by atoms with Gasteiger partial charge in [0.15, 0.2) is 0 Å². The van der Waals surface area contributed by atoms with Crippen LogP contribution in [-0.2, 0) is 11.3 Å². The minimum atomic E-state index is 0.395. The van der Waals surface area contributed by atoms with Gasteiger partial charge in [-0.3, -0.25) is 0 Å². The number of halogens is 1. The molecule has 1 aromatic carbocycles. The highest BCUT2D eigenvalue weighted by atomic mass is 35.5. The second-order valence-corrected chi connectivity index (χ2v) is 5.03. The van der Waals surface area contributed by atoms with Crippen molar-refractivity contribution >= 4 is 23.5 Å². The number of ether oxygens (including phenoxy) is 1. The topological polar surface area (TPSA) is 69.2 Å². The molecule has 0 spiro atoms. The molecule has 2 aromatic rings. The number of anilines is 2. The van der Waals surface area contributed by atoms with Crippen molar-refractivity contribution < 1.29 is 4.74 Å². The molecule has 0 radical (unpaired) electrons. The monoisotopic (exact) mass is 293 g/mol. The first kappa shape index (κ1) is 13.2. The zero-order chi connectivity index (χ0) is 13.9. The summed E-state index contributed by atoms with van der Waals surface area (Å²) in [5.74, 6) is 1.05. The normalized spacial score (nSPS) is 15.6. The number of nitrogens with zero attached hydrogens (tertiary/aromatic N) is 4. The predicted octanol–water partition coefficient (Wildman–Crippen LogP) is 1.40. The Bertz CT molecular complexity index is 594. The average Bonchev–Trinajstić information content (AvgIpc) is 2.84. The summed E-state index contributed by atoms with van der Waals surface area (Å²) in [7, 11) is 0. The molecule has 2 heterocycles. The van der Waals surface area contributed by atoms with E-state index in [9.17, 15) is 0 Å². The highest BCUT2D eigenvalue weighted by Gasteiger charge is 2.17. The summed E-state index contributed by atoms with van der Waals surface area (Å²) in [4.78, 5) is 6.39. The molecule has 0 amide bonds. The van der Waals surface area contributed by atoms with Gasteiger partial charge in [0.1, 0.15) is 0 Å². The number of hydrogen-bond donors (Lipinski definition) is 1. The maximum atomic E-state index is 6.15. The van der Waals surface area contributed by atoms with E-state index < -0.39 is 0 Å². The predicted molar refractivity (Wildman–Crippen MR) is 78.0 cm³/mol. The van der Waals surface area contributed by atoms with Crippen LogP contribution in [0.2, 0.25) is 5.02 Å². The van der Waals surface area contributed by atoms with E-state index in [4.69, 9.17) is 22.1 Å². The Labute approximate surface area is 122 Å². The molecule has 1 fully saturated rings. The average molecular weight is 294 g/mol. The first-order valence-corrected chi connectivity index (χ1v) is 6.88. The van der Waals surface area contributed by atoms with Crippen LogP contribution in [0.1, 0.15) is 5.56 Å². The molecule has 0 bridgehead atoms. The first-order chi connectivity index (χ1) is 9.74. The molecular formula is C13H16ClN5O. The van der Waals surface area contributed by atoms with Gasteiger partial charge in [-0.1, -0.05) is 29.8 Å². The maximum absolute atomic E-state index is 6.15. The van der Waals surface area contributed by atoms with E-state index >= 15 is 0 Å². The molecular weight excluding hydrogens is 278 g/mol. The van der Waals surface area contributed by atoms with Gasteiger partial charge in [0.05, 0.1) is 19.8 Å². The Kier molecular flexibility index (Phi) is 3.75. The van der Waals surface area contributed by atoms with Gasteiger partial charge >= 0.3 is 0 Å². The minimum Gasteiger partial charge on any atom is -0.378 e. The molecule has 1 saturated heterocycles. The van der Waals surface area contributed by atoms with Crippen LogP contribution < -0.4 is 10.6 Å². The van der Waals surface area contributed by atoms with Crippen molar-refractivity contribution in [2.75, 3.05) is 36.9 Å². The van der Waals surface area contributed by atoms with E-state index in [2.05, 4.69) is 15.0 Å². The van der Waals surface area contributed by atoms with Crippen molar-refractivity contribution in [3.63, 3.8) is 0 Å². The summed E-state index contributed by atoms with van der Waals surface area (Å²) in [6, 6.07) is 7.65. The molecule has 2 N–H and O–H groups in total. The number of hydrogen-bond acceptors (Lipinski definition) is 5. The molecule has 7 heteroatoms. The molecule has 0 aliphatic carbocycles. The molecule has 106 valence electrons. The molecule has 0 atom stereocenters. The lowest BCUT2D eigenvalue weighted by Crippen LogP contribution is -2.37. The lowest BCUT2D eigenvalue weighted by molar-refractivity contribution is 0.122. The van der Waals surface area contributed by atoms with Crippen molar-refractivity contribution in [2.45, 2.75) is 6.54 Å². The fourth-order valence-corrected chi connectivity index (χ4v) is 2.34. The van der Waals surface area contributed by atoms with Gasteiger partial charge < -0.3 is 15.4 Å².